The van der Waals surface area contributed by atoms with Gasteiger partial charge in [-0.1, -0.05) is 0 Å². The molecule has 2 fully saturated rings. The van der Waals surface area contributed by atoms with Gasteiger partial charge >= 0.3 is 0 Å². The molecular weight excluding hydrogens is 270 g/mol. The van der Waals surface area contributed by atoms with E-state index < -0.39 is 0 Å². The van der Waals surface area contributed by atoms with Crippen molar-refractivity contribution in [2.75, 3.05) is 6.54 Å². The second-order valence-corrected chi connectivity index (χ2v) is 7.28. The Hall–Kier alpha value is -0.870. The van der Waals surface area contributed by atoms with Gasteiger partial charge in [0.1, 0.15) is 0 Å². The van der Waals surface area contributed by atoms with Crippen molar-refractivity contribution in [2.45, 2.75) is 57.6 Å². The molecule has 0 aromatic carbocycles. The zero-order valence-electron chi connectivity index (χ0n) is 12.2. The van der Waals surface area contributed by atoms with E-state index in [1.807, 2.05) is 11.8 Å². The van der Waals surface area contributed by atoms with Gasteiger partial charge in [-0.25, -0.2) is 0 Å². The van der Waals surface area contributed by atoms with Gasteiger partial charge in [-0.2, -0.15) is 0 Å². The van der Waals surface area contributed by atoms with Crippen LogP contribution in [0.3, 0.4) is 0 Å². The Labute approximate surface area is 124 Å². The van der Waals surface area contributed by atoms with Crippen molar-refractivity contribution in [3.63, 3.8) is 0 Å². The number of hydrogen-bond donors (Lipinski definition) is 1. The standard InChI is InChI=1S/C16H23NO2S/c1-10-5-7-20-15(10)13-9-14(13)16(19)17-6-3-4-12(17)8-11(2)18/h5,7,11-14,18H,3-4,6,8-9H2,1-2H3. The van der Waals surface area contributed by atoms with Gasteiger partial charge in [0, 0.05) is 29.3 Å². The first-order chi connectivity index (χ1) is 9.58. The molecule has 1 aliphatic heterocycles. The highest BCUT2D eigenvalue weighted by Crippen LogP contribution is 2.51. The predicted octanol–water partition coefficient (Wildman–Crippen LogP) is 2.92. The lowest BCUT2D eigenvalue weighted by molar-refractivity contribution is -0.133. The summed E-state index contributed by atoms with van der Waals surface area (Å²) in [6.07, 6.45) is 3.55. The van der Waals surface area contributed by atoms with Crippen LogP contribution in [-0.2, 0) is 4.79 Å². The predicted molar refractivity (Wildman–Crippen MR) is 80.9 cm³/mol. The second kappa shape index (κ2) is 5.49. The molecule has 4 heteroatoms. The maximum absolute atomic E-state index is 12.7. The summed E-state index contributed by atoms with van der Waals surface area (Å²) in [5, 5.41) is 11.7. The maximum Gasteiger partial charge on any atom is 0.226 e. The number of amides is 1. The van der Waals surface area contributed by atoms with Crippen molar-refractivity contribution in [1.82, 2.24) is 4.90 Å². The highest BCUT2D eigenvalue weighted by Gasteiger charge is 2.48. The van der Waals surface area contributed by atoms with Crippen molar-refractivity contribution in [3.05, 3.63) is 21.9 Å². The van der Waals surface area contributed by atoms with Crippen molar-refractivity contribution in [3.8, 4) is 0 Å². The zero-order chi connectivity index (χ0) is 14.3. The van der Waals surface area contributed by atoms with Crippen molar-refractivity contribution < 1.29 is 9.90 Å². The second-order valence-electron chi connectivity index (χ2n) is 6.33. The number of carbonyl (C=O) groups excluding carboxylic acids is 1. The number of nitrogens with zero attached hydrogens (tertiary/aromatic N) is 1. The first-order valence-electron chi connectivity index (χ1n) is 7.60. The minimum absolute atomic E-state index is 0.196. The Morgan fingerprint density at radius 2 is 2.40 bits per heavy atom. The Balaban J connectivity index is 1.64. The van der Waals surface area contributed by atoms with E-state index >= 15 is 0 Å². The van der Waals surface area contributed by atoms with Crippen LogP contribution in [0.25, 0.3) is 0 Å². The van der Waals surface area contributed by atoms with Crippen LogP contribution in [0.4, 0.5) is 0 Å². The molecule has 20 heavy (non-hydrogen) atoms. The zero-order valence-corrected chi connectivity index (χ0v) is 13.0. The van der Waals surface area contributed by atoms with Crippen LogP contribution in [0.5, 0.6) is 0 Å². The molecule has 0 bridgehead atoms. The topological polar surface area (TPSA) is 40.5 Å². The van der Waals surface area contributed by atoms with Crippen LogP contribution in [0.15, 0.2) is 11.4 Å². The van der Waals surface area contributed by atoms with Crippen molar-refractivity contribution in [1.29, 1.82) is 0 Å². The maximum atomic E-state index is 12.7. The van der Waals surface area contributed by atoms with Crippen LogP contribution >= 0.6 is 11.3 Å². The van der Waals surface area contributed by atoms with Gasteiger partial charge in [0.25, 0.3) is 0 Å². The molecule has 1 aliphatic carbocycles. The van der Waals surface area contributed by atoms with Gasteiger partial charge < -0.3 is 10.0 Å². The van der Waals surface area contributed by atoms with E-state index in [1.165, 1.54) is 10.4 Å². The average Bonchev–Trinajstić information content (AvgIpc) is 2.84. The Kier molecular flexibility index (Phi) is 3.87. The molecule has 1 N–H and O–H groups in total. The highest BCUT2D eigenvalue weighted by molar-refractivity contribution is 7.10. The monoisotopic (exact) mass is 293 g/mol. The lowest BCUT2D eigenvalue weighted by Crippen LogP contribution is -2.38. The molecule has 1 amide bonds. The quantitative estimate of drug-likeness (QED) is 0.927. The van der Waals surface area contributed by atoms with Gasteiger partial charge in [0.05, 0.1) is 6.10 Å². The fourth-order valence-corrected chi connectivity index (χ4v) is 4.61. The van der Waals surface area contributed by atoms with Gasteiger partial charge in [0.2, 0.25) is 5.91 Å². The fourth-order valence-electron chi connectivity index (χ4n) is 3.50. The molecule has 4 atom stereocenters. The number of thiophene rings is 1. The summed E-state index contributed by atoms with van der Waals surface area (Å²) in [6, 6.07) is 2.40. The lowest BCUT2D eigenvalue weighted by atomic mass is 10.1. The number of hydrogen-bond acceptors (Lipinski definition) is 3. The number of aliphatic hydroxyl groups is 1. The SMILES string of the molecule is Cc1ccsc1C1CC1C(=O)N1CCCC1CC(C)O. The minimum atomic E-state index is -0.317. The molecule has 110 valence electrons. The van der Waals surface area contributed by atoms with Crippen LogP contribution < -0.4 is 0 Å². The largest absolute Gasteiger partial charge is 0.393 e. The summed E-state index contributed by atoms with van der Waals surface area (Å²) in [5.74, 6) is 0.975. The average molecular weight is 293 g/mol. The van der Waals surface area contributed by atoms with Crippen LogP contribution in [0.1, 0.15) is 49.0 Å². The summed E-state index contributed by atoms with van der Waals surface area (Å²) in [5.41, 5.74) is 1.33. The third-order valence-corrected chi connectivity index (χ3v) is 5.77. The highest BCUT2D eigenvalue weighted by atomic mass is 32.1. The number of rotatable bonds is 4. The van der Waals surface area contributed by atoms with E-state index in [0.29, 0.717) is 11.8 Å². The molecule has 3 nitrogen and oxygen atoms in total. The van der Waals surface area contributed by atoms with Crippen molar-refractivity contribution >= 4 is 17.2 Å². The third kappa shape index (κ3) is 2.63. The molecule has 2 aliphatic rings. The van der Waals surface area contributed by atoms with Crippen LogP contribution in [0, 0.1) is 12.8 Å². The molecule has 1 saturated carbocycles. The molecule has 1 aromatic rings. The van der Waals surface area contributed by atoms with E-state index in [0.717, 1.165) is 32.2 Å². The van der Waals surface area contributed by atoms with Gasteiger partial charge in [-0.05, 0) is 56.5 Å². The van der Waals surface area contributed by atoms with Crippen LogP contribution in [-0.4, -0.2) is 34.6 Å². The molecule has 0 radical (unpaired) electrons. The van der Waals surface area contributed by atoms with Gasteiger partial charge in [0.15, 0.2) is 0 Å². The smallest absolute Gasteiger partial charge is 0.226 e. The summed E-state index contributed by atoms with van der Waals surface area (Å²) in [7, 11) is 0. The lowest BCUT2D eigenvalue weighted by Gasteiger charge is -2.26. The minimum Gasteiger partial charge on any atom is -0.393 e. The van der Waals surface area contributed by atoms with E-state index in [9.17, 15) is 9.90 Å². The summed E-state index contributed by atoms with van der Waals surface area (Å²) in [4.78, 5) is 16.1. The van der Waals surface area contributed by atoms with Gasteiger partial charge in [-0.3, -0.25) is 4.79 Å². The third-order valence-electron chi connectivity index (χ3n) is 4.62. The Morgan fingerprint density at radius 1 is 1.60 bits per heavy atom. The van der Waals surface area contributed by atoms with E-state index in [-0.39, 0.29) is 18.1 Å². The number of aliphatic hydroxyl groups excluding tert-OH is 1. The summed E-state index contributed by atoms with van der Waals surface area (Å²) in [6.45, 7) is 4.83. The van der Waals surface area contributed by atoms with E-state index in [4.69, 9.17) is 0 Å². The first-order valence-corrected chi connectivity index (χ1v) is 8.48. The number of likely N-dealkylation sites (tertiary alicyclic amines) is 1. The number of aryl methyl sites for hydroxylation is 1. The Bertz CT molecular complexity index is 496. The van der Waals surface area contributed by atoms with E-state index in [2.05, 4.69) is 18.4 Å². The summed E-state index contributed by atoms with van der Waals surface area (Å²) >= 11 is 1.78. The molecule has 4 unspecified atom stereocenters. The molecule has 2 heterocycles. The van der Waals surface area contributed by atoms with Crippen LogP contribution in [0.2, 0.25) is 0 Å². The molecule has 1 aromatic heterocycles. The van der Waals surface area contributed by atoms with E-state index in [1.54, 1.807) is 11.3 Å². The van der Waals surface area contributed by atoms with Crippen molar-refractivity contribution in [2.24, 2.45) is 5.92 Å². The molecule has 1 saturated heterocycles. The molecular formula is C16H23NO2S. The number of carbonyl (C=O) groups is 1. The Morgan fingerprint density at radius 3 is 3.05 bits per heavy atom. The molecule has 3 rings (SSSR count). The summed E-state index contributed by atoms with van der Waals surface area (Å²) < 4.78 is 0. The fraction of sp³-hybridized carbons (Fsp3) is 0.688. The van der Waals surface area contributed by atoms with Gasteiger partial charge in [-0.15, -0.1) is 11.3 Å². The normalized spacial score (nSPS) is 30.6. The molecule has 0 spiro atoms. The first kappa shape index (κ1) is 14.1.